The number of amides is 1. The molecule has 3 aromatic rings. The first kappa shape index (κ1) is 26.6. The Labute approximate surface area is 234 Å². The smallest absolute Gasteiger partial charge is 0.226 e. The Morgan fingerprint density at radius 1 is 1.15 bits per heavy atom. The Morgan fingerprint density at radius 2 is 1.95 bits per heavy atom. The van der Waals surface area contributed by atoms with Gasteiger partial charge in [0.2, 0.25) is 5.91 Å². The Kier molecular flexibility index (Phi) is 7.18. The van der Waals surface area contributed by atoms with Crippen LogP contribution < -0.4 is 26.4 Å². The van der Waals surface area contributed by atoms with E-state index < -0.39 is 11.2 Å². The number of halogens is 1. The van der Waals surface area contributed by atoms with Gasteiger partial charge in [-0.25, -0.2) is 24.5 Å². The van der Waals surface area contributed by atoms with Crippen LogP contribution in [0.25, 0.3) is 5.82 Å². The molecule has 4 N–H and O–H groups in total. The van der Waals surface area contributed by atoms with Gasteiger partial charge in [0, 0.05) is 30.7 Å². The maximum Gasteiger partial charge on any atom is 0.226 e. The molecule has 2 aliphatic heterocycles. The Morgan fingerprint density at radius 3 is 2.62 bits per heavy atom. The molecule has 2 unspecified atom stereocenters. The first-order valence-corrected chi connectivity index (χ1v) is 14.2. The standard InChI is InChI=1S/C29H38FN9O/c1-18-12-24(34-25-14-23(36-37-25)20-4-5-20)35-27(13-18)38-10-8-29(3,9-11-38)28(40)33-19(2)21-6-7-26(31-15-21)39-17-22(30)16-32-39/h6-7,12-13,15-17,19-20,23,25,36-37H,4-5,8-11,14H2,1-3H3,(H,33,40)(H,34,35)/t19-,23?,25?/m0/s1. The molecule has 3 atom stereocenters. The van der Waals surface area contributed by atoms with Gasteiger partial charge < -0.3 is 15.5 Å². The number of hydrogen-bond donors (Lipinski definition) is 4. The average molecular weight is 548 g/mol. The van der Waals surface area contributed by atoms with E-state index in [0.29, 0.717) is 11.9 Å². The average Bonchev–Trinajstić information content (AvgIpc) is 3.54. The molecule has 3 fully saturated rings. The molecule has 1 saturated carbocycles. The summed E-state index contributed by atoms with van der Waals surface area (Å²) in [5.74, 6) is 2.78. The molecular formula is C29H38FN9O. The van der Waals surface area contributed by atoms with Crippen LogP contribution in [0.2, 0.25) is 0 Å². The third-order valence-electron chi connectivity index (χ3n) is 8.55. The van der Waals surface area contributed by atoms with Crippen LogP contribution >= 0.6 is 0 Å². The highest BCUT2D eigenvalue weighted by molar-refractivity contribution is 5.83. The van der Waals surface area contributed by atoms with Gasteiger partial charge in [-0.3, -0.25) is 10.2 Å². The van der Waals surface area contributed by atoms with Crippen molar-refractivity contribution in [2.45, 2.75) is 71.1 Å². The quantitative estimate of drug-likeness (QED) is 0.339. The predicted octanol–water partition coefficient (Wildman–Crippen LogP) is 3.61. The lowest BCUT2D eigenvalue weighted by molar-refractivity contribution is -0.132. The highest BCUT2D eigenvalue weighted by Crippen LogP contribution is 2.36. The fourth-order valence-corrected chi connectivity index (χ4v) is 5.67. The first-order chi connectivity index (χ1) is 19.3. The lowest BCUT2D eigenvalue weighted by Gasteiger charge is -2.39. The number of piperidine rings is 1. The molecule has 0 radical (unpaired) electrons. The largest absolute Gasteiger partial charge is 0.356 e. The summed E-state index contributed by atoms with van der Waals surface area (Å²) in [6.45, 7) is 7.62. The molecule has 0 spiro atoms. The van der Waals surface area contributed by atoms with Crippen molar-refractivity contribution in [2.75, 3.05) is 23.3 Å². The van der Waals surface area contributed by atoms with Crippen molar-refractivity contribution < 1.29 is 9.18 Å². The fourth-order valence-electron chi connectivity index (χ4n) is 5.67. The van der Waals surface area contributed by atoms with Crippen LogP contribution in [0.1, 0.15) is 63.1 Å². The van der Waals surface area contributed by atoms with Gasteiger partial charge in [-0.1, -0.05) is 13.0 Å². The molecule has 11 heteroatoms. The van der Waals surface area contributed by atoms with E-state index in [0.717, 1.165) is 67.2 Å². The number of aromatic nitrogens is 4. The molecule has 212 valence electrons. The molecule has 0 bridgehead atoms. The zero-order valence-electron chi connectivity index (χ0n) is 23.3. The molecule has 2 saturated heterocycles. The van der Waals surface area contributed by atoms with Gasteiger partial charge in [-0.15, -0.1) is 0 Å². The van der Waals surface area contributed by atoms with Gasteiger partial charge >= 0.3 is 0 Å². The summed E-state index contributed by atoms with van der Waals surface area (Å²) < 4.78 is 14.7. The highest BCUT2D eigenvalue weighted by Gasteiger charge is 2.38. The molecule has 10 nitrogen and oxygen atoms in total. The number of nitrogens with one attached hydrogen (secondary N) is 4. The number of pyridine rings is 2. The highest BCUT2D eigenvalue weighted by atomic mass is 19.1. The molecule has 5 heterocycles. The second kappa shape index (κ2) is 10.8. The number of carbonyl (C=O) groups is 1. The maximum atomic E-state index is 13.4. The number of rotatable bonds is 8. The van der Waals surface area contributed by atoms with Gasteiger partial charge in [0.05, 0.1) is 24.6 Å². The molecule has 1 amide bonds. The number of aryl methyl sites for hydroxylation is 1. The summed E-state index contributed by atoms with van der Waals surface area (Å²) in [4.78, 5) is 25.0. The Bertz CT molecular complexity index is 1350. The molecule has 6 rings (SSSR count). The van der Waals surface area contributed by atoms with E-state index in [1.165, 1.54) is 23.7 Å². The second-order valence-corrected chi connectivity index (χ2v) is 11.8. The molecule has 40 heavy (non-hydrogen) atoms. The summed E-state index contributed by atoms with van der Waals surface area (Å²) in [5, 5.41) is 10.7. The number of nitrogens with zero attached hydrogens (tertiary/aromatic N) is 5. The van der Waals surface area contributed by atoms with Crippen molar-refractivity contribution in [3.05, 3.63) is 59.8 Å². The number of carbonyl (C=O) groups excluding carboxylic acids is 1. The monoisotopic (exact) mass is 547 g/mol. The maximum absolute atomic E-state index is 13.4. The van der Waals surface area contributed by atoms with Crippen molar-refractivity contribution in [3.63, 3.8) is 0 Å². The van der Waals surface area contributed by atoms with Crippen LogP contribution in [0, 0.1) is 24.1 Å². The molecular weight excluding hydrogens is 509 g/mol. The Hall–Kier alpha value is -3.57. The van der Waals surface area contributed by atoms with Gasteiger partial charge in [0.15, 0.2) is 11.6 Å². The van der Waals surface area contributed by atoms with Gasteiger partial charge in [0.1, 0.15) is 11.6 Å². The SMILES string of the molecule is Cc1cc(NC2CC(C3CC3)NN2)nc(N2CCC(C)(C(=O)N[C@@H](C)c3ccc(-n4cc(F)cn4)nc3)CC2)c1. The number of hydrogen-bond acceptors (Lipinski definition) is 8. The summed E-state index contributed by atoms with van der Waals surface area (Å²) >= 11 is 0. The van der Waals surface area contributed by atoms with Crippen LogP contribution in [-0.2, 0) is 4.79 Å². The minimum absolute atomic E-state index is 0.0439. The van der Waals surface area contributed by atoms with E-state index >= 15 is 0 Å². The van der Waals surface area contributed by atoms with E-state index in [-0.39, 0.29) is 18.1 Å². The normalized spacial score (nSPS) is 23.1. The minimum atomic E-state index is -0.465. The third kappa shape index (κ3) is 5.80. The first-order valence-electron chi connectivity index (χ1n) is 14.2. The van der Waals surface area contributed by atoms with Crippen molar-refractivity contribution in [1.82, 2.24) is 35.9 Å². The van der Waals surface area contributed by atoms with E-state index in [9.17, 15) is 9.18 Å². The zero-order valence-corrected chi connectivity index (χ0v) is 23.3. The van der Waals surface area contributed by atoms with Crippen molar-refractivity contribution in [3.8, 4) is 5.82 Å². The van der Waals surface area contributed by atoms with Crippen LogP contribution in [0.15, 0.2) is 42.9 Å². The predicted molar refractivity (Wildman–Crippen MR) is 151 cm³/mol. The lowest BCUT2D eigenvalue weighted by atomic mass is 9.79. The summed E-state index contributed by atoms with van der Waals surface area (Å²) in [6.07, 6.45) is 9.46. The fraction of sp³-hybridized carbons (Fsp3) is 0.517. The molecule has 3 aliphatic rings. The van der Waals surface area contributed by atoms with Gasteiger partial charge in [-0.2, -0.15) is 5.10 Å². The van der Waals surface area contributed by atoms with E-state index in [2.05, 4.69) is 55.5 Å². The van der Waals surface area contributed by atoms with Crippen LogP contribution in [0.5, 0.6) is 0 Å². The molecule has 3 aromatic heterocycles. The molecule has 1 aliphatic carbocycles. The number of hydrazine groups is 1. The molecule has 0 aromatic carbocycles. The summed E-state index contributed by atoms with van der Waals surface area (Å²) in [5.41, 5.74) is 8.38. The van der Waals surface area contributed by atoms with Crippen LogP contribution in [0.3, 0.4) is 0 Å². The van der Waals surface area contributed by atoms with Crippen LogP contribution in [0.4, 0.5) is 16.0 Å². The van der Waals surface area contributed by atoms with Crippen molar-refractivity contribution >= 4 is 17.5 Å². The van der Waals surface area contributed by atoms with Gasteiger partial charge in [-0.05, 0) is 81.2 Å². The second-order valence-electron chi connectivity index (χ2n) is 11.8. The van der Waals surface area contributed by atoms with Crippen LogP contribution in [-0.4, -0.2) is 51.0 Å². The summed E-state index contributed by atoms with van der Waals surface area (Å²) in [7, 11) is 0. The lowest BCUT2D eigenvalue weighted by Crippen LogP contribution is -2.48. The van der Waals surface area contributed by atoms with Gasteiger partial charge in [0.25, 0.3) is 0 Å². The zero-order chi connectivity index (χ0) is 27.9. The number of anilines is 2. The van der Waals surface area contributed by atoms with E-state index in [1.54, 1.807) is 12.3 Å². The van der Waals surface area contributed by atoms with E-state index in [1.807, 2.05) is 19.9 Å². The summed E-state index contributed by atoms with van der Waals surface area (Å²) in [6, 6.07) is 8.21. The minimum Gasteiger partial charge on any atom is -0.356 e. The Balaban J connectivity index is 1.04. The van der Waals surface area contributed by atoms with Crippen molar-refractivity contribution in [2.24, 2.45) is 11.3 Å². The topological polar surface area (TPSA) is 112 Å². The van der Waals surface area contributed by atoms with Crippen molar-refractivity contribution in [1.29, 1.82) is 0 Å². The van der Waals surface area contributed by atoms with E-state index in [4.69, 9.17) is 4.98 Å². The third-order valence-corrected chi connectivity index (χ3v) is 8.55.